The van der Waals surface area contributed by atoms with Gasteiger partial charge in [-0.2, -0.15) is 0 Å². The molecule has 1 aromatic carbocycles. The zero-order valence-electron chi connectivity index (χ0n) is 14.7. The Morgan fingerprint density at radius 1 is 1.16 bits per heavy atom. The summed E-state index contributed by atoms with van der Waals surface area (Å²) in [7, 11) is 3.99. The van der Waals surface area contributed by atoms with Gasteiger partial charge in [0.1, 0.15) is 0 Å². The molecule has 0 saturated carbocycles. The fourth-order valence-corrected chi connectivity index (χ4v) is 6.36. The number of allylic oxidation sites excluding steroid dienone is 3. The first-order valence-corrected chi connectivity index (χ1v) is 11.7. The molecule has 0 aromatic heterocycles. The summed E-state index contributed by atoms with van der Waals surface area (Å²) >= 11 is 0. The lowest BCUT2D eigenvalue weighted by atomic mass is 9.97. The summed E-state index contributed by atoms with van der Waals surface area (Å²) in [5, 5.41) is 3.28. The largest absolute Gasteiger partial charge is 0.349 e. The lowest BCUT2D eigenvalue weighted by Gasteiger charge is -2.20. The molecule has 1 aromatic rings. The van der Waals surface area contributed by atoms with E-state index in [9.17, 15) is 4.79 Å². The molecule has 1 amide bonds. The number of benzene rings is 1. The van der Waals surface area contributed by atoms with Crippen LogP contribution < -0.4 is 5.32 Å². The van der Waals surface area contributed by atoms with Crippen molar-refractivity contribution in [3.8, 4) is 0 Å². The van der Waals surface area contributed by atoms with Crippen molar-refractivity contribution in [2.45, 2.75) is 44.6 Å². The van der Waals surface area contributed by atoms with Gasteiger partial charge in [-0.15, -0.1) is 0 Å². The van der Waals surface area contributed by atoms with Gasteiger partial charge in [0.2, 0.25) is 5.91 Å². The number of unbranched alkanes of at least 4 members (excludes halogenated alkanes) is 1. The number of carbonyl (C=O) groups is 1. The average molecular weight is 374 g/mol. The second-order valence-corrected chi connectivity index (χ2v) is 9.42. The maximum Gasteiger partial charge on any atom is 0.220 e. The third kappa shape index (κ3) is 6.27. The maximum absolute atomic E-state index is 12.4. The number of hydrogen-bond acceptors (Lipinski definition) is 3. The van der Waals surface area contributed by atoms with Gasteiger partial charge in [-0.25, -0.2) is 0 Å². The summed E-state index contributed by atoms with van der Waals surface area (Å²) in [6.45, 7) is 0. The summed E-state index contributed by atoms with van der Waals surface area (Å²) in [5.74, 6) is 3.64. The minimum atomic E-state index is 0.118. The molecule has 0 spiro atoms. The van der Waals surface area contributed by atoms with E-state index in [-0.39, 0.29) is 11.9 Å². The van der Waals surface area contributed by atoms with E-state index in [0.717, 1.165) is 25.2 Å². The van der Waals surface area contributed by atoms with E-state index in [0.29, 0.717) is 6.42 Å². The fraction of sp³-hybridized carbons (Fsp3) is 0.476. The molecule has 1 fully saturated rings. The Kier molecular flexibility index (Phi) is 7.55. The van der Waals surface area contributed by atoms with Crippen molar-refractivity contribution in [3.05, 3.63) is 59.7 Å². The van der Waals surface area contributed by atoms with Crippen LogP contribution in [0.15, 0.2) is 54.1 Å². The van der Waals surface area contributed by atoms with Crippen molar-refractivity contribution < 1.29 is 4.79 Å². The molecule has 1 heterocycles. The number of nitrogens with one attached hydrogen (secondary N) is 1. The number of rotatable bonds is 9. The second kappa shape index (κ2) is 10.1. The first kappa shape index (κ1) is 18.7. The summed E-state index contributed by atoms with van der Waals surface area (Å²) in [6.07, 6.45) is 12.3. The molecule has 2 aliphatic rings. The van der Waals surface area contributed by atoms with E-state index < -0.39 is 0 Å². The zero-order chi connectivity index (χ0) is 17.3. The van der Waals surface area contributed by atoms with Gasteiger partial charge in [-0.1, -0.05) is 76.6 Å². The number of amides is 1. The molecule has 0 radical (unpaired) electrons. The van der Waals surface area contributed by atoms with Crippen LogP contribution in [-0.4, -0.2) is 23.5 Å². The molecule has 1 saturated heterocycles. The normalized spacial score (nSPS) is 18.3. The third-order valence-electron chi connectivity index (χ3n) is 4.82. The lowest BCUT2D eigenvalue weighted by molar-refractivity contribution is -0.121. The molecule has 134 valence electrons. The van der Waals surface area contributed by atoms with Crippen molar-refractivity contribution in [1.82, 2.24) is 5.32 Å². The topological polar surface area (TPSA) is 29.1 Å². The van der Waals surface area contributed by atoms with Crippen molar-refractivity contribution in [1.29, 1.82) is 0 Å². The number of carbonyl (C=O) groups excluding carboxylic acids is 1. The highest BCUT2D eigenvalue weighted by Gasteiger charge is 2.19. The van der Waals surface area contributed by atoms with Crippen LogP contribution in [0.5, 0.6) is 0 Å². The van der Waals surface area contributed by atoms with E-state index in [1.807, 2.05) is 27.7 Å². The van der Waals surface area contributed by atoms with Crippen LogP contribution in [0.2, 0.25) is 0 Å². The zero-order valence-corrected chi connectivity index (χ0v) is 16.3. The Morgan fingerprint density at radius 3 is 2.68 bits per heavy atom. The van der Waals surface area contributed by atoms with Gasteiger partial charge in [0.25, 0.3) is 0 Å². The highest BCUT2D eigenvalue weighted by atomic mass is 33.1. The van der Waals surface area contributed by atoms with Crippen LogP contribution in [0.4, 0.5) is 0 Å². The number of hydrogen-bond donors (Lipinski definition) is 1. The Labute approximate surface area is 159 Å². The van der Waals surface area contributed by atoms with E-state index in [1.54, 1.807) is 0 Å². The monoisotopic (exact) mass is 373 g/mol. The van der Waals surface area contributed by atoms with Crippen LogP contribution >= 0.6 is 21.6 Å². The molecule has 0 bridgehead atoms. The van der Waals surface area contributed by atoms with Crippen molar-refractivity contribution in [2.24, 2.45) is 5.92 Å². The van der Waals surface area contributed by atoms with E-state index in [1.165, 1.54) is 35.5 Å². The maximum atomic E-state index is 12.4. The van der Waals surface area contributed by atoms with Crippen LogP contribution in [0.3, 0.4) is 0 Å². The van der Waals surface area contributed by atoms with E-state index in [2.05, 4.69) is 47.8 Å². The smallest absolute Gasteiger partial charge is 0.220 e. The molecule has 0 unspecified atom stereocenters. The quantitative estimate of drug-likeness (QED) is 0.478. The second-order valence-electron chi connectivity index (χ2n) is 6.86. The Hall–Kier alpha value is -1.13. The highest BCUT2D eigenvalue weighted by Crippen LogP contribution is 2.36. The first-order valence-electron chi connectivity index (χ1n) is 9.24. The molecule has 1 N–H and O–H groups in total. The molecular formula is C21H27NOS2. The standard InChI is InChI=1S/C21H27NOS2/c23-21(13-7-4-10-18-15-24-25-16-18)22-20(19-11-5-6-12-19)14-17-8-2-1-3-9-17/h1-3,5-6,8-9,11,18,20H,4,7,10,12-16H2,(H,22,23)/t20-/m1/s1. The summed E-state index contributed by atoms with van der Waals surface area (Å²) in [4.78, 5) is 12.4. The molecule has 25 heavy (non-hydrogen) atoms. The van der Waals surface area contributed by atoms with Crippen molar-refractivity contribution >= 4 is 27.5 Å². The van der Waals surface area contributed by atoms with Gasteiger partial charge in [-0.3, -0.25) is 4.79 Å². The fourth-order valence-electron chi connectivity index (χ4n) is 3.34. The summed E-state index contributed by atoms with van der Waals surface area (Å²) < 4.78 is 0. The minimum Gasteiger partial charge on any atom is -0.349 e. The van der Waals surface area contributed by atoms with Gasteiger partial charge < -0.3 is 5.32 Å². The van der Waals surface area contributed by atoms with Gasteiger partial charge in [0, 0.05) is 17.9 Å². The predicted molar refractivity (Wildman–Crippen MR) is 111 cm³/mol. The van der Waals surface area contributed by atoms with Gasteiger partial charge in [-0.05, 0) is 42.7 Å². The van der Waals surface area contributed by atoms with Gasteiger partial charge in [0.15, 0.2) is 0 Å². The average Bonchev–Trinajstić information content (AvgIpc) is 3.33. The first-order chi connectivity index (χ1) is 12.3. The minimum absolute atomic E-state index is 0.118. The molecule has 1 aliphatic heterocycles. The Morgan fingerprint density at radius 2 is 1.96 bits per heavy atom. The Balaban J connectivity index is 1.44. The lowest BCUT2D eigenvalue weighted by Crippen LogP contribution is -2.37. The van der Waals surface area contributed by atoms with Crippen molar-refractivity contribution in [2.75, 3.05) is 11.5 Å². The van der Waals surface area contributed by atoms with Crippen molar-refractivity contribution in [3.63, 3.8) is 0 Å². The SMILES string of the molecule is O=C(CCCCC1CSSC1)N[C@H](Cc1ccccc1)C1=CC=CC1. The van der Waals surface area contributed by atoms with E-state index in [4.69, 9.17) is 0 Å². The predicted octanol–water partition coefficient (Wildman–Crippen LogP) is 5.17. The van der Waals surface area contributed by atoms with Crippen LogP contribution in [0.1, 0.15) is 37.7 Å². The summed E-state index contributed by atoms with van der Waals surface area (Å²) in [6, 6.07) is 10.6. The van der Waals surface area contributed by atoms with Gasteiger partial charge in [0.05, 0.1) is 6.04 Å². The molecular weight excluding hydrogens is 346 g/mol. The van der Waals surface area contributed by atoms with E-state index >= 15 is 0 Å². The third-order valence-corrected chi connectivity index (χ3v) is 7.52. The molecule has 1 atom stereocenters. The van der Waals surface area contributed by atoms with Crippen LogP contribution in [0.25, 0.3) is 0 Å². The highest BCUT2D eigenvalue weighted by molar-refractivity contribution is 8.77. The summed E-state index contributed by atoms with van der Waals surface area (Å²) in [5.41, 5.74) is 2.59. The van der Waals surface area contributed by atoms with Gasteiger partial charge >= 0.3 is 0 Å². The van der Waals surface area contributed by atoms with Crippen LogP contribution in [-0.2, 0) is 11.2 Å². The van der Waals surface area contributed by atoms with Crippen LogP contribution in [0, 0.1) is 5.92 Å². The molecule has 4 heteroatoms. The molecule has 3 rings (SSSR count). The molecule has 1 aliphatic carbocycles. The molecule has 2 nitrogen and oxygen atoms in total. The Bertz CT molecular complexity index is 606.